The van der Waals surface area contributed by atoms with Crippen LogP contribution in [-0.4, -0.2) is 5.91 Å². The second-order valence-corrected chi connectivity index (χ2v) is 6.81. The average molecular weight is 288 g/mol. The van der Waals surface area contributed by atoms with Gasteiger partial charge in [0.1, 0.15) is 0 Å². The van der Waals surface area contributed by atoms with Crippen molar-refractivity contribution in [2.75, 3.05) is 5.73 Å². The van der Waals surface area contributed by atoms with Gasteiger partial charge in [-0.2, -0.15) is 0 Å². The number of nitrogens with one attached hydrogen (secondary N) is 1. The number of nitrogens with two attached hydrogens (primary N) is 1. The van der Waals surface area contributed by atoms with Crippen molar-refractivity contribution >= 4 is 22.9 Å². The monoisotopic (exact) mass is 288 g/mol. The van der Waals surface area contributed by atoms with Crippen LogP contribution in [0.5, 0.6) is 0 Å². The summed E-state index contributed by atoms with van der Waals surface area (Å²) in [7, 11) is 0. The highest BCUT2D eigenvalue weighted by molar-refractivity contribution is 7.11. The second-order valence-electron chi connectivity index (χ2n) is 5.44. The van der Waals surface area contributed by atoms with Crippen LogP contribution >= 0.6 is 11.3 Å². The van der Waals surface area contributed by atoms with Crippen molar-refractivity contribution in [2.24, 2.45) is 0 Å². The topological polar surface area (TPSA) is 55.1 Å². The molecule has 1 amide bonds. The summed E-state index contributed by atoms with van der Waals surface area (Å²) in [5.41, 5.74) is 6.79. The summed E-state index contributed by atoms with van der Waals surface area (Å²) >= 11 is 1.71. The van der Waals surface area contributed by atoms with Crippen molar-refractivity contribution < 1.29 is 4.79 Å². The predicted molar refractivity (Wildman–Crippen MR) is 84.8 cm³/mol. The van der Waals surface area contributed by atoms with E-state index >= 15 is 0 Å². The van der Waals surface area contributed by atoms with Gasteiger partial charge in [0.05, 0.1) is 12.0 Å². The van der Waals surface area contributed by atoms with E-state index in [4.69, 9.17) is 5.73 Å². The maximum absolute atomic E-state index is 12.4. The smallest absolute Gasteiger partial charge is 0.230 e. The molecule has 1 aromatic carbocycles. The van der Waals surface area contributed by atoms with Crippen molar-refractivity contribution in [3.8, 4) is 0 Å². The third-order valence-corrected chi connectivity index (χ3v) is 4.42. The van der Waals surface area contributed by atoms with E-state index in [0.717, 1.165) is 5.56 Å². The molecule has 0 aliphatic rings. The molecule has 0 saturated carbocycles. The number of aryl methyl sites for hydroxylation is 1. The van der Waals surface area contributed by atoms with E-state index in [1.165, 1.54) is 9.75 Å². The molecule has 0 spiro atoms. The number of amides is 1. The quantitative estimate of drug-likeness (QED) is 0.849. The molecule has 0 saturated heterocycles. The molecule has 0 fully saturated rings. The van der Waals surface area contributed by atoms with Gasteiger partial charge in [0.2, 0.25) is 5.91 Å². The number of nitrogen functional groups attached to an aromatic ring is 1. The molecule has 0 atom stereocenters. The van der Waals surface area contributed by atoms with E-state index in [-0.39, 0.29) is 5.91 Å². The van der Waals surface area contributed by atoms with E-state index in [9.17, 15) is 4.79 Å². The molecule has 0 radical (unpaired) electrons. The summed E-state index contributed by atoms with van der Waals surface area (Å²) in [5.74, 6) is 0.0216. The Labute approximate surface area is 123 Å². The Morgan fingerprint density at radius 1 is 1.20 bits per heavy atom. The van der Waals surface area contributed by atoms with E-state index in [1.807, 2.05) is 38.1 Å². The zero-order valence-corrected chi connectivity index (χ0v) is 12.9. The summed E-state index contributed by atoms with van der Waals surface area (Å²) in [6.45, 7) is 6.49. The van der Waals surface area contributed by atoms with Crippen LogP contribution in [0, 0.1) is 6.92 Å². The van der Waals surface area contributed by atoms with Crippen LogP contribution in [0.15, 0.2) is 36.4 Å². The minimum absolute atomic E-state index is 0.0216. The van der Waals surface area contributed by atoms with Crippen LogP contribution in [0.4, 0.5) is 5.69 Å². The van der Waals surface area contributed by atoms with Gasteiger partial charge in [-0.25, -0.2) is 0 Å². The molecule has 4 heteroatoms. The molecule has 106 valence electrons. The Morgan fingerprint density at radius 2 is 1.85 bits per heavy atom. The van der Waals surface area contributed by atoms with Crippen LogP contribution in [0.2, 0.25) is 0 Å². The molecule has 3 N–H and O–H groups in total. The van der Waals surface area contributed by atoms with Gasteiger partial charge in [0.15, 0.2) is 0 Å². The van der Waals surface area contributed by atoms with Gasteiger partial charge in [0, 0.05) is 15.4 Å². The van der Waals surface area contributed by atoms with Gasteiger partial charge in [-0.15, -0.1) is 11.3 Å². The fourth-order valence-corrected chi connectivity index (χ4v) is 2.83. The molecule has 20 heavy (non-hydrogen) atoms. The SMILES string of the molecule is Cc1ccc(CNC(=O)C(C)(C)c2ccc(N)cc2)s1. The number of anilines is 1. The lowest BCUT2D eigenvalue weighted by Crippen LogP contribution is -2.39. The fraction of sp³-hybridized carbons (Fsp3) is 0.312. The number of hydrogen-bond donors (Lipinski definition) is 2. The van der Waals surface area contributed by atoms with E-state index in [1.54, 1.807) is 11.3 Å². The maximum Gasteiger partial charge on any atom is 0.230 e. The number of carbonyl (C=O) groups is 1. The van der Waals surface area contributed by atoms with Crippen LogP contribution < -0.4 is 11.1 Å². The molecular weight excluding hydrogens is 268 g/mol. The van der Waals surface area contributed by atoms with Gasteiger partial charge < -0.3 is 11.1 Å². The molecule has 0 aliphatic heterocycles. The maximum atomic E-state index is 12.4. The lowest BCUT2D eigenvalue weighted by Gasteiger charge is -2.24. The zero-order chi connectivity index (χ0) is 14.8. The summed E-state index contributed by atoms with van der Waals surface area (Å²) in [6.07, 6.45) is 0. The van der Waals surface area contributed by atoms with Gasteiger partial charge in [-0.1, -0.05) is 12.1 Å². The Morgan fingerprint density at radius 3 is 2.40 bits per heavy atom. The third kappa shape index (κ3) is 3.20. The van der Waals surface area contributed by atoms with Crippen molar-refractivity contribution in [3.63, 3.8) is 0 Å². The molecule has 0 bridgehead atoms. The summed E-state index contributed by atoms with van der Waals surface area (Å²) in [6, 6.07) is 11.6. The normalized spacial score (nSPS) is 11.3. The molecule has 0 unspecified atom stereocenters. The number of hydrogen-bond acceptors (Lipinski definition) is 3. The van der Waals surface area contributed by atoms with Crippen molar-refractivity contribution in [1.82, 2.24) is 5.32 Å². The molecule has 1 aromatic heterocycles. The van der Waals surface area contributed by atoms with Crippen molar-refractivity contribution in [1.29, 1.82) is 0 Å². The van der Waals surface area contributed by atoms with Gasteiger partial charge >= 0.3 is 0 Å². The van der Waals surface area contributed by atoms with Crippen LogP contribution in [0.3, 0.4) is 0 Å². The van der Waals surface area contributed by atoms with Gasteiger partial charge in [0.25, 0.3) is 0 Å². The Kier molecular flexibility index (Phi) is 4.14. The Bertz CT molecular complexity index is 599. The number of thiophene rings is 1. The van der Waals surface area contributed by atoms with Crippen LogP contribution in [0.25, 0.3) is 0 Å². The average Bonchev–Trinajstić information content (AvgIpc) is 2.82. The first-order valence-corrected chi connectivity index (χ1v) is 7.41. The largest absolute Gasteiger partial charge is 0.399 e. The lowest BCUT2D eigenvalue weighted by molar-refractivity contribution is -0.125. The predicted octanol–water partition coefficient (Wildman–Crippen LogP) is 3.23. The minimum Gasteiger partial charge on any atom is -0.399 e. The summed E-state index contributed by atoms with van der Waals surface area (Å²) < 4.78 is 0. The highest BCUT2D eigenvalue weighted by Crippen LogP contribution is 2.24. The first-order chi connectivity index (χ1) is 9.39. The Balaban J connectivity index is 2.05. The highest BCUT2D eigenvalue weighted by atomic mass is 32.1. The molecule has 2 rings (SSSR count). The number of carbonyl (C=O) groups excluding carboxylic acids is 1. The Hall–Kier alpha value is -1.81. The molecule has 0 aliphatic carbocycles. The van der Waals surface area contributed by atoms with Crippen LogP contribution in [-0.2, 0) is 16.8 Å². The zero-order valence-electron chi connectivity index (χ0n) is 12.1. The summed E-state index contributed by atoms with van der Waals surface area (Å²) in [4.78, 5) is 14.8. The minimum atomic E-state index is -0.569. The molecule has 3 nitrogen and oxygen atoms in total. The molecule has 2 aromatic rings. The first kappa shape index (κ1) is 14.6. The third-order valence-electron chi connectivity index (χ3n) is 3.42. The number of rotatable bonds is 4. The molecule has 1 heterocycles. The van der Waals surface area contributed by atoms with Gasteiger partial charge in [-0.3, -0.25) is 4.79 Å². The summed E-state index contributed by atoms with van der Waals surface area (Å²) in [5, 5.41) is 3.01. The second kappa shape index (κ2) is 5.67. The van der Waals surface area contributed by atoms with Crippen LogP contribution in [0.1, 0.15) is 29.2 Å². The van der Waals surface area contributed by atoms with E-state index in [0.29, 0.717) is 12.2 Å². The molecular formula is C16H20N2OS. The first-order valence-electron chi connectivity index (χ1n) is 6.59. The van der Waals surface area contributed by atoms with E-state index in [2.05, 4.69) is 24.4 Å². The van der Waals surface area contributed by atoms with Crippen molar-refractivity contribution in [2.45, 2.75) is 32.7 Å². The van der Waals surface area contributed by atoms with E-state index < -0.39 is 5.41 Å². The van der Waals surface area contributed by atoms with Gasteiger partial charge in [-0.05, 0) is 50.6 Å². The lowest BCUT2D eigenvalue weighted by atomic mass is 9.83. The highest BCUT2D eigenvalue weighted by Gasteiger charge is 2.29. The standard InChI is InChI=1S/C16H20N2OS/c1-11-4-9-14(20-11)10-18-15(19)16(2,3)12-5-7-13(17)8-6-12/h4-9H,10,17H2,1-3H3,(H,18,19). The number of benzene rings is 1. The van der Waals surface area contributed by atoms with Crippen molar-refractivity contribution in [3.05, 3.63) is 51.7 Å². The fourth-order valence-electron chi connectivity index (χ4n) is 2.00.